The lowest BCUT2D eigenvalue weighted by molar-refractivity contribution is 0.284. The molecular formula is C19H23Cl2NO2. The molecular weight excluding hydrogens is 345 g/mol. The van der Waals surface area contributed by atoms with E-state index in [2.05, 4.69) is 19.2 Å². The maximum Gasteiger partial charge on any atom is 0.180 e. The molecule has 0 aliphatic carbocycles. The fourth-order valence-electron chi connectivity index (χ4n) is 2.19. The number of halogens is 2. The molecule has 2 rings (SSSR count). The molecule has 0 spiro atoms. The zero-order valence-electron chi connectivity index (χ0n) is 14.2. The Kier molecular flexibility index (Phi) is 7.22. The molecule has 0 saturated carbocycles. The van der Waals surface area contributed by atoms with E-state index >= 15 is 0 Å². The van der Waals surface area contributed by atoms with Crippen molar-refractivity contribution in [3.05, 3.63) is 57.6 Å². The van der Waals surface area contributed by atoms with Gasteiger partial charge >= 0.3 is 0 Å². The van der Waals surface area contributed by atoms with Crippen LogP contribution >= 0.6 is 23.2 Å². The smallest absolute Gasteiger partial charge is 0.180 e. The second-order valence-corrected chi connectivity index (χ2v) is 6.56. The molecule has 2 aromatic rings. The van der Waals surface area contributed by atoms with Gasteiger partial charge in [-0.15, -0.1) is 0 Å². The molecule has 0 amide bonds. The summed E-state index contributed by atoms with van der Waals surface area (Å²) in [4.78, 5) is 0. The molecule has 0 aliphatic rings. The second-order valence-electron chi connectivity index (χ2n) is 5.71. The predicted molar refractivity (Wildman–Crippen MR) is 100 cm³/mol. The van der Waals surface area contributed by atoms with Crippen LogP contribution < -0.4 is 14.8 Å². The van der Waals surface area contributed by atoms with E-state index < -0.39 is 0 Å². The number of benzene rings is 2. The highest BCUT2D eigenvalue weighted by Gasteiger charge is 2.13. The maximum absolute atomic E-state index is 6.40. The van der Waals surface area contributed by atoms with Gasteiger partial charge < -0.3 is 14.8 Å². The van der Waals surface area contributed by atoms with Crippen molar-refractivity contribution in [2.75, 3.05) is 7.11 Å². The topological polar surface area (TPSA) is 30.5 Å². The first kappa shape index (κ1) is 18.9. The minimum Gasteiger partial charge on any atom is -0.493 e. The summed E-state index contributed by atoms with van der Waals surface area (Å²) in [6, 6.07) is 11.8. The standard InChI is InChI=1S/C19H23Cl2NO2/c1-4-13(2)22-11-15-9-17(21)19(18(10-15)23-3)24-12-14-5-7-16(20)8-6-14/h5-10,13,22H,4,11-12H2,1-3H3/t13-/m1/s1. The van der Waals surface area contributed by atoms with Gasteiger partial charge in [-0.1, -0.05) is 42.3 Å². The second kappa shape index (κ2) is 9.16. The van der Waals surface area contributed by atoms with Gasteiger partial charge in [0.15, 0.2) is 11.5 Å². The summed E-state index contributed by atoms with van der Waals surface area (Å²) < 4.78 is 11.3. The first-order valence-corrected chi connectivity index (χ1v) is 8.76. The monoisotopic (exact) mass is 367 g/mol. The van der Waals surface area contributed by atoms with Crippen LogP contribution in [0.3, 0.4) is 0 Å². The van der Waals surface area contributed by atoms with Gasteiger partial charge in [0.25, 0.3) is 0 Å². The minimum atomic E-state index is 0.401. The van der Waals surface area contributed by atoms with Crippen LogP contribution in [0.2, 0.25) is 10.0 Å². The van der Waals surface area contributed by atoms with Gasteiger partial charge in [0.05, 0.1) is 12.1 Å². The molecule has 2 aromatic carbocycles. The fourth-order valence-corrected chi connectivity index (χ4v) is 2.60. The van der Waals surface area contributed by atoms with Crippen LogP contribution in [-0.4, -0.2) is 13.2 Å². The van der Waals surface area contributed by atoms with E-state index in [4.69, 9.17) is 32.7 Å². The number of rotatable bonds is 8. The van der Waals surface area contributed by atoms with Crippen molar-refractivity contribution in [3.8, 4) is 11.5 Å². The molecule has 0 unspecified atom stereocenters. The van der Waals surface area contributed by atoms with Crippen LogP contribution in [0.4, 0.5) is 0 Å². The van der Waals surface area contributed by atoms with E-state index in [-0.39, 0.29) is 0 Å². The number of ether oxygens (including phenoxy) is 2. The van der Waals surface area contributed by atoms with Gasteiger partial charge in [0, 0.05) is 17.6 Å². The van der Waals surface area contributed by atoms with Crippen molar-refractivity contribution in [1.29, 1.82) is 0 Å². The summed E-state index contributed by atoms with van der Waals surface area (Å²) in [5.41, 5.74) is 2.08. The molecule has 0 fully saturated rings. The lowest BCUT2D eigenvalue weighted by Crippen LogP contribution is -2.24. The molecule has 0 bridgehead atoms. The SMILES string of the molecule is CC[C@@H](C)NCc1cc(Cl)c(OCc2ccc(Cl)cc2)c(OC)c1. The van der Waals surface area contributed by atoms with Gasteiger partial charge in [-0.3, -0.25) is 0 Å². The van der Waals surface area contributed by atoms with E-state index in [1.54, 1.807) is 7.11 Å². The van der Waals surface area contributed by atoms with Crippen molar-refractivity contribution in [3.63, 3.8) is 0 Å². The summed E-state index contributed by atoms with van der Waals surface area (Å²) in [5, 5.41) is 4.69. The minimum absolute atomic E-state index is 0.401. The lowest BCUT2D eigenvalue weighted by atomic mass is 10.1. The van der Waals surface area contributed by atoms with Crippen molar-refractivity contribution in [2.45, 2.75) is 39.5 Å². The highest BCUT2D eigenvalue weighted by molar-refractivity contribution is 6.32. The molecule has 3 nitrogen and oxygen atoms in total. The van der Waals surface area contributed by atoms with E-state index in [1.165, 1.54) is 0 Å². The molecule has 130 valence electrons. The fraction of sp³-hybridized carbons (Fsp3) is 0.368. The third-order valence-corrected chi connectivity index (χ3v) is 4.39. The summed E-state index contributed by atoms with van der Waals surface area (Å²) in [6.45, 7) is 5.45. The number of nitrogens with one attached hydrogen (secondary N) is 1. The molecule has 0 aromatic heterocycles. The highest BCUT2D eigenvalue weighted by Crippen LogP contribution is 2.37. The zero-order chi connectivity index (χ0) is 17.5. The summed E-state index contributed by atoms with van der Waals surface area (Å²) >= 11 is 12.3. The van der Waals surface area contributed by atoms with Crippen LogP contribution in [0.5, 0.6) is 11.5 Å². The maximum atomic E-state index is 6.40. The van der Waals surface area contributed by atoms with Crippen LogP contribution in [0.15, 0.2) is 36.4 Å². The van der Waals surface area contributed by atoms with E-state index in [9.17, 15) is 0 Å². The van der Waals surface area contributed by atoms with Crippen LogP contribution in [-0.2, 0) is 13.2 Å². The Morgan fingerprint density at radius 2 is 1.79 bits per heavy atom. The Labute approximate surface area is 153 Å². The Bertz CT molecular complexity index is 659. The Morgan fingerprint density at radius 3 is 2.42 bits per heavy atom. The number of methoxy groups -OCH3 is 1. The first-order chi connectivity index (χ1) is 11.5. The van der Waals surface area contributed by atoms with Gasteiger partial charge in [-0.2, -0.15) is 0 Å². The molecule has 1 atom stereocenters. The normalized spacial score (nSPS) is 12.0. The zero-order valence-corrected chi connectivity index (χ0v) is 15.7. The molecule has 24 heavy (non-hydrogen) atoms. The highest BCUT2D eigenvalue weighted by atomic mass is 35.5. The molecule has 0 aliphatic heterocycles. The van der Waals surface area contributed by atoms with Crippen LogP contribution in [0, 0.1) is 0 Å². The summed E-state index contributed by atoms with van der Waals surface area (Å²) in [5.74, 6) is 1.19. The molecule has 0 radical (unpaired) electrons. The third kappa shape index (κ3) is 5.30. The van der Waals surface area contributed by atoms with E-state index in [1.807, 2.05) is 36.4 Å². The Hall–Kier alpha value is -1.42. The number of hydrogen-bond donors (Lipinski definition) is 1. The Balaban J connectivity index is 2.10. The van der Waals surface area contributed by atoms with Crippen molar-refractivity contribution in [1.82, 2.24) is 5.32 Å². The van der Waals surface area contributed by atoms with E-state index in [0.29, 0.717) is 34.2 Å². The van der Waals surface area contributed by atoms with Crippen molar-refractivity contribution in [2.24, 2.45) is 0 Å². The van der Waals surface area contributed by atoms with Crippen LogP contribution in [0.25, 0.3) is 0 Å². The third-order valence-electron chi connectivity index (χ3n) is 3.85. The van der Waals surface area contributed by atoms with Gasteiger partial charge in [0.1, 0.15) is 6.61 Å². The van der Waals surface area contributed by atoms with Crippen LogP contribution in [0.1, 0.15) is 31.4 Å². The van der Waals surface area contributed by atoms with E-state index in [0.717, 1.165) is 24.1 Å². The average Bonchev–Trinajstić information content (AvgIpc) is 2.59. The average molecular weight is 368 g/mol. The molecule has 1 N–H and O–H groups in total. The van der Waals surface area contributed by atoms with Crippen molar-refractivity contribution >= 4 is 23.2 Å². The lowest BCUT2D eigenvalue weighted by Gasteiger charge is -2.16. The van der Waals surface area contributed by atoms with Crippen molar-refractivity contribution < 1.29 is 9.47 Å². The molecule has 0 heterocycles. The van der Waals surface area contributed by atoms with Gasteiger partial charge in [0.2, 0.25) is 0 Å². The van der Waals surface area contributed by atoms with Gasteiger partial charge in [-0.25, -0.2) is 0 Å². The summed E-state index contributed by atoms with van der Waals surface area (Å²) in [6.07, 6.45) is 1.08. The first-order valence-electron chi connectivity index (χ1n) is 8.00. The predicted octanol–water partition coefficient (Wildman–Crippen LogP) is 5.47. The Morgan fingerprint density at radius 1 is 1.08 bits per heavy atom. The van der Waals surface area contributed by atoms with Gasteiger partial charge in [-0.05, 0) is 48.7 Å². The largest absolute Gasteiger partial charge is 0.493 e. The molecule has 0 saturated heterocycles. The number of hydrogen-bond acceptors (Lipinski definition) is 3. The molecule has 5 heteroatoms. The summed E-state index contributed by atoms with van der Waals surface area (Å²) in [7, 11) is 1.62. The quantitative estimate of drug-likeness (QED) is 0.670.